The summed E-state index contributed by atoms with van der Waals surface area (Å²) in [5, 5.41) is 12.1. The molecule has 0 fully saturated rings. The molecule has 1 aliphatic rings. The van der Waals surface area contributed by atoms with Gasteiger partial charge in [0.1, 0.15) is 0 Å². The number of rotatable bonds is 7. The number of aliphatic carboxylic acids is 1. The molecule has 0 bridgehead atoms. The molecule has 0 amide bonds. The fourth-order valence-electron chi connectivity index (χ4n) is 2.47. The third kappa shape index (κ3) is 4.74. The lowest BCUT2D eigenvalue weighted by Crippen LogP contribution is -2.19. The topological polar surface area (TPSA) is 63.1 Å². The third-order valence-corrected chi connectivity index (χ3v) is 6.37. The molecule has 6 heteroatoms. The Hall–Kier alpha value is -1.01. The van der Waals surface area contributed by atoms with Crippen molar-refractivity contribution in [2.24, 2.45) is 5.92 Å². The highest BCUT2D eigenvalue weighted by atomic mass is 33.1. The van der Waals surface area contributed by atoms with Gasteiger partial charge in [0.15, 0.2) is 0 Å². The second kappa shape index (κ2) is 8.02. The number of nitrogens with zero attached hydrogens (tertiary/aromatic N) is 2. The molecule has 0 spiro atoms. The highest BCUT2D eigenvalue weighted by molar-refractivity contribution is 8.78. The summed E-state index contributed by atoms with van der Waals surface area (Å²) in [5.74, 6) is -1.11. The zero-order valence-electron chi connectivity index (χ0n) is 13.2. The molecule has 2 heterocycles. The Morgan fingerprint density at radius 1 is 1.27 bits per heavy atom. The van der Waals surface area contributed by atoms with E-state index in [2.05, 4.69) is 21.5 Å². The second-order valence-electron chi connectivity index (χ2n) is 5.66. The Balaban J connectivity index is 1.95. The Morgan fingerprint density at radius 3 is 2.64 bits per heavy atom. The first-order valence-electron chi connectivity index (χ1n) is 7.49. The minimum atomic E-state index is -0.733. The van der Waals surface area contributed by atoms with Gasteiger partial charge in [-0.1, -0.05) is 34.1 Å². The Morgan fingerprint density at radius 2 is 2.00 bits per heavy atom. The number of hydrogen-bond acceptors (Lipinski definition) is 5. The van der Waals surface area contributed by atoms with Gasteiger partial charge in [-0.25, -0.2) is 0 Å². The molecule has 1 aromatic heterocycles. The molecule has 22 heavy (non-hydrogen) atoms. The van der Waals surface area contributed by atoms with Crippen LogP contribution in [0.3, 0.4) is 0 Å². The van der Waals surface area contributed by atoms with Crippen molar-refractivity contribution in [3.63, 3.8) is 0 Å². The Kier molecular flexibility index (Phi) is 6.32. The molecule has 0 aromatic carbocycles. The molecular weight excluding hydrogens is 316 g/mol. The van der Waals surface area contributed by atoms with Gasteiger partial charge in [-0.05, 0) is 39.0 Å². The van der Waals surface area contributed by atoms with Gasteiger partial charge in [0.2, 0.25) is 0 Å². The van der Waals surface area contributed by atoms with Crippen LogP contribution < -0.4 is 0 Å². The first-order chi connectivity index (χ1) is 10.5. The largest absolute Gasteiger partial charge is 0.481 e. The highest BCUT2D eigenvalue weighted by Crippen LogP contribution is 2.38. The minimum absolute atomic E-state index is 0.377. The Labute approximate surface area is 139 Å². The maximum atomic E-state index is 11.5. The van der Waals surface area contributed by atoms with Gasteiger partial charge in [-0.2, -0.15) is 0 Å². The molecule has 0 radical (unpaired) electrons. The standard InChI is InChI=1S/C16H22N2O2S2/c1-10-11(2)18-15(12(3)17-10)9-13(16(19)20)5-4-6-14-7-8-21-22-14/h7-8,13-14H,4-6,9H2,1-3H3,(H,19,20)/t13-,14?/m1/s1. The van der Waals surface area contributed by atoms with Gasteiger partial charge in [0, 0.05) is 11.7 Å². The summed E-state index contributed by atoms with van der Waals surface area (Å²) in [6.07, 6.45) is 5.33. The van der Waals surface area contributed by atoms with E-state index in [1.807, 2.05) is 31.6 Å². The molecule has 0 saturated heterocycles. The van der Waals surface area contributed by atoms with Crippen LogP contribution >= 0.6 is 21.6 Å². The van der Waals surface area contributed by atoms with E-state index in [0.29, 0.717) is 18.1 Å². The average Bonchev–Trinajstić information content (AvgIpc) is 2.96. The molecular formula is C16H22N2O2S2. The molecule has 4 nitrogen and oxygen atoms in total. The summed E-state index contributed by atoms with van der Waals surface area (Å²) in [7, 11) is 3.60. The van der Waals surface area contributed by atoms with Crippen LogP contribution in [0.25, 0.3) is 0 Å². The van der Waals surface area contributed by atoms with Crippen molar-refractivity contribution in [3.05, 3.63) is 34.3 Å². The summed E-state index contributed by atoms with van der Waals surface area (Å²) in [6.45, 7) is 5.76. The molecule has 1 aromatic rings. The molecule has 1 aliphatic heterocycles. The van der Waals surface area contributed by atoms with Crippen LogP contribution in [0.15, 0.2) is 11.5 Å². The van der Waals surface area contributed by atoms with Crippen molar-refractivity contribution in [3.8, 4) is 0 Å². The molecule has 120 valence electrons. The van der Waals surface area contributed by atoms with E-state index < -0.39 is 5.97 Å². The van der Waals surface area contributed by atoms with Crippen LogP contribution in [-0.4, -0.2) is 26.3 Å². The summed E-state index contributed by atoms with van der Waals surface area (Å²) >= 11 is 0. The first-order valence-corrected chi connectivity index (χ1v) is 9.77. The van der Waals surface area contributed by atoms with Crippen LogP contribution in [0.5, 0.6) is 0 Å². The van der Waals surface area contributed by atoms with Crippen LogP contribution in [0.2, 0.25) is 0 Å². The van der Waals surface area contributed by atoms with Gasteiger partial charge in [0.05, 0.1) is 28.7 Å². The molecule has 1 unspecified atom stereocenters. The zero-order valence-corrected chi connectivity index (χ0v) is 14.8. The highest BCUT2D eigenvalue weighted by Gasteiger charge is 2.21. The smallest absolute Gasteiger partial charge is 0.306 e. The lowest BCUT2D eigenvalue weighted by Gasteiger charge is -2.15. The zero-order chi connectivity index (χ0) is 16.1. The number of carboxylic acids is 1. The summed E-state index contributed by atoms with van der Waals surface area (Å²) in [5.41, 5.74) is 3.46. The fraction of sp³-hybridized carbons (Fsp3) is 0.562. The van der Waals surface area contributed by atoms with E-state index in [-0.39, 0.29) is 5.92 Å². The first kappa shape index (κ1) is 17.3. The van der Waals surface area contributed by atoms with Crippen molar-refractivity contribution >= 4 is 27.6 Å². The van der Waals surface area contributed by atoms with E-state index in [0.717, 1.165) is 35.6 Å². The maximum Gasteiger partial charge on any atom is 0.306 e. The lowest BCUT2D eigenvalue weighted by atomic mass is 9.95. The molecule has 2 rings (SSSR count). The van der Waals surface area contributed by atoms with Gasteiger partial charge in [-0.15, -0.1) is 0 Å². The SMILES string of the molecule is Cc1nc(C)c(C[C@@H](CCCC2C=CSS2)C(=O)O)nc1C. The number of carboxylic acid groups (broad SMARTS) is 1. The molecule has 2 atom stereocenters. The van der Waals surface area contributed by atoms with E-state index in [4.69, 9.17) is 0 Å². The number of hydrogen-bond donors (Lipinski definition) is 1. The van der Waals surface area contributed by atoms with Crippen LogP contribution in [0, 0.1) is 26.7 Å². The predicted molar refractivity (Wildman–Crippen MR) is 93.0 cm³/mol. The van der Waals surface area contributed by atoms with Crippen molar-refractivity contribution in [2.45, 2.75) is 51.7 Å². The van der Waals surface area contributed by atoms with Crippen LogP contribution in [0.4, 0.5) is 0 Å². The monoisotopic (exact) mass is 338 g/mol. The van der Waals surface area contributed by atoms with E-state index in [1.165, 1.54) is 0 Å². The molecule has 0 saturated carbocycles. The van der Waals surface area contributed by atoms with E-state index in [9.17, 15) is 9.90 Å². The molecule has 1 N–H and O–H groups in total. The van der Waals surface area contributed by atoms with Crippen molar-refractivity contribution in [1.82, 2.24) is 9.97 Å². The van der Waals surface area contributed by atoms with E-state index >= 15 is 0 Å². The second-order valence-corrected chi connectivity index (χ2v) is 8.07. The van der Waals surface area contributed by atoms with Gasteiger partial charge in [-0.3, -0.25) is 14.8 Å². The van der Waals surface area contributed by atoms with E-state index in [1.54, 1.807) is 10.8 Å². The summed E-state index contributed by atoms with van der Waals surface area (Å²) in [6, 6.07) is 0. The lowest BCUT2D eigenvalue weighted by molar-refractivity contribution is -0.142. The number of aromatic nitrogens is 2. The van der Waals surface area contributed by atoms with Gasteiger partial charge >= 0.3 is 5.97 Å². The van der Waals surface area contributed by atoms with Gasteiger partial charge in [0.25, 0.3) is 0 Å². The van der Waals surface area contributed by atoms with Crippen LogP contribution in [-0.2, 0) is 11.2 Å². The van der Waals surface area contributed by atoms with Crippen molar-refractivity contribution in [1.29, 1.82) is 0 Å². The Bertz CT molecular complexity index is 576. The quantitative estimate of drug-likeness (QED) is 0.755. The normalized spacial score (nSPS) is 18.6. The average molecular weight is 338 g/mol. The predicted octanol–water partition coefficient (Wildman–Crippen LogP) is 4.09. The van der Waals surface area contributed by atoms with Crippen molar-refractivity contribution < 1.29 is 9.90 Å². The maximum absolute atomic E-state index is 11.5. The van der Waals surface area contributed by atoms with Crippen molar-refractivity contribution in [2.75, 3.05) is 0 Å². The minimum Gasteiger partial charge on any atom is -0.481 e. The summed E-state index contributed by atoms with van der Waals surface area (Å²) in [4.78, 5) is 20.5. The summed E-state index contributed by atoms with van der Waals surface area (Å²) < 4.78 is 0. The molecule has 0 aliphatic carbocycles. The number of aryl methyl sites for hydroxylation is 3. The van der Waals surface area contributed by atoms with Gasteiger partial charge < -0.3 is 5.11 Å². The van der Waals surface area contributed by atoms with Crippen LogP contribution in [0.1, 0.15) is 42.0 Å². The third-order valence-electron chi connectivity index (χ3n) is 3.94. The fourth-order valence-corrected chi connectivity index (χ4v) is 4.73. The number of carbonyl (C=O) groups is 1.